The van der Waals surface area contributed by atoms with Crippen LogP contribution in [0, 0.1) is 18.3 Å². The Morgan fingerprint density at radius 1 is 1.17 bits per heavy atom. The van der Waals surface area contributed by atoms with Gasteiger partial charge in [0.05, 0.1) is 6.54 Å². The van der Waals surface area contributed by atoms with Crippen LogP contribution < -0.4 is 10.6 Å². The van der Waals surface area contributed by atoms with Gasteiger partial charge >= 0.3 is 0 Å². The van der Waals surface area contributed by atoms with Crippen molar-refractivity contribution >= 4 is 0 Å². The molecule has 2 nitrogen and oxygen atoms in total. The van der Waals surface area contributed by atoms with E-state index in [1.165, 1.54) is 25.8 Å². The van der Waals surface area contributed by atoms with Gasteiger partial charge in [0.1, 0.15) is 0 Å². The van der Waals surface area contributed by atoms with Crippen LogP contribution in [0.2, 0.25) is 0 Å². The molecule has 0 amide bonds. The molecule has 0 radical (unpaired) electrons. The van der Waals surface area contributed by atoms with Crippen LogP contribution in [0.5, 0.6) is 0 Å². The molecule has 0 aromatic heterocycles. The molecule has 68 valence electrons. The molecule has 2 N–H and O–H groups in total. The van der Waals surface area contributed by atoms with Gasteiger partial charge in [-0.05, 0) is 18.9 Å². The summed E-state index contributed by atoms with van der Waals surface area (Å²) < 4.78 is 0. The van der Waals surface area contributed by atoms with Crippen molar-refractivity contribution in [2.24, 2.45) is 5.92 Å². The maximum atomic E-state index is 5.08. The maximum absolute atomic E-state index is 5.08. The zero-order valence-corrected chi connectivity index (χ0v) is 7.60. The molecule has 1 aliphatic rings. The summed E-state index contributed by atoms with van der Waals surface area (Å²) >= 11 is 0. The van der Waals surface area contributed by atoms with Crippen LogP contribution in [0.25, 0.3) is 0 Å². The molecule has 1 fully saturated rings. The molecule has 2 heteroatoms. The van der Waals surface area contributed by atoms with Crippen molar-refractivity contribution in [3.05, 3.63) is 0 Å². The van der Waals surface area contributed by atoms with E-state index in [2.05, 4.69) is 16.6 Å². The van der Waals surface area contributed by atoms with Crippen LogP contribution >= 0.6 is 0 Å². The van der Waals surface area contributed by atoms with Crippen molar-refractivity contribution in [2.45, 2.75) is 19.3 Å². The van der Waals surface area contributed by atoms with Crippen molar-refractivity contribution in [3.63, 3.8) is 0 Å². The molecular weight excluding hydrogens is 148 g/mol. The van der Waals surface area contributed by atoms with Crippen molar-refractivity contribution in [1.82, 2.24) is 10.6 Å². The number of terminal acetylenes is 1. The molecule has 0 aromatic rings. The molecule has 1 aliphatic carbocycles. The van der Waals surface area contributed by atoms with Gasteiger partial charge in [0.15, 0.2) is 0 Å². The van der Waals surface area contributed by atoms with Gasteiger partial charge in [0.2, 0.25) is 0 Å². The van der Waals surface area contributed by atoms with Crippen LogP contribution in [0.3, 0.4) is 0 Å². The Morgan fingerprint density at radius 2 is 1.92 bits per heavy atom. The van der Waals surface area contributed by atoms with Gasteiger partial charge < -0.3 is 10.6 Å². The van der Waals surface area contributed by atoms with Crippen LogP contribution in [-0.4, -0.2) is 26.2 Å². The van der Waals surface area contributed by atoms with E-state index in [0.29, 0.717) is 6.54 Å². The third-order valence-corrected chi connectivity index (χ3v) is 2.13. The Bertz CT molecular complexity index is 144. The highest BCUT2D eigenvalue weighted by molar-refractivity contribution is 4.86. The predicted octanol–water partition coefficient (Wildman–Crippen LogP) is 0.599. The Balaban J connectivity index is 1.68. The molecule has 0 aromatic carbocycles. The molecule has 0 atom stereocenters. The maximum Gasteiger partial charge on any atom is 0.0574 e. The second-order valence-electron chi connectivity index (χ2n) is 3.36. The van der Waals surface area contributed by atoms with Gasteiger partial charge in [-0.1, -0.05) is 18.8 Å². The second kappa shape index (κ2) is 6.05. The molecule has 1 saturated carbocycles. The number of hydrogen-bond acceptors (Lipinski definition) is 2. The quantitative estimate of drug-likeness (QED) is 0.427. The van der Waals surface area contributed by atoms with Gasteiger partial charge in [0, 0.05) is 13.1 Å². The standard InChI is InChI=1S/C10H18N2/c1-2-6-11-8-9-12-7-5-10-3-4-10/h1,10-12H,3-9H2. The normalized spacial score (nSPS) is 15.9. The first kappa shape index (κ1) is 9.57. The lowest BCUT2D eigenvalue weighted by molar-refractivity contribution is 0.592. The lowest BCUT2D eigenvalue weighted by Gasteiger charge is -2.03. The highest BCUT2D eigenvalue weighted by Gasteiger charge is 2.19. The van der Waals surface area contributed by atoms with E-state index >= 15 is 0 Å². The molecule has 0 aliphatic heterocycles. The van der Waals surface area contributed by atoms with Crippen LogP contribution in [-0.2, 0) is 0 Å². The Morgan fingerprint density at radius 3 is 2.58 bits per heavy atom. The summed E-state index contributed by atoms with van der Waals surface area (Å²) in [6, 6.07) is 0. The zero-order valence-electron chi connectivity index (χ0n) is 7.60. The van der Waals surface area contributed by atoms with E-state index in [0.717, 1.165) is 19.0 Å². The summed E-state index contributed by atoms with van der Waals surface area (Å²) in [6.07, 6.45) is 9.35. The largest absolute Gasteiger partial charge is 0.315 e. The molecular formula is C10H18N2. The molecule has 1 rings (SSSR count). The van der Waals surface area contributed by atoms with Gasteiger partial charge in [-0.2, -0.15) is 0 Å². The predicted molar refractivity (Wildman–Crippen MR) is 51.9 cm³/mol. The van der Waals surface area contributed by atoms with Gasteiger partial charge in [0.25, 0.3) is 0 Å². The fourth-order valence-electron chi connectivity index (χ4n) is 1.18. The van der Waals surface area contributed by atoms with Crippen molar-refractivity contribution in [1.29, 1.82) is 0 Å². The van der Waals surface area contributed by atoms with Gasteiger partial charge in [-0.15, -0.1) is 6.42 Å². The summed E-state index contributed by atoms with van der Waals surface area (Å²) in [4.78, 5) is 0. The van der Waals surface area contributed by atoms with E-state index in [1.807, 2.05) is 0 Å². The van der Waals surface area contributed by atoms with Crippen molar-refractivity contribution < 1.29 is 0 Å². The van der Waals surface area contributed by atoms with Crippen molar-refractivity contribution in [3.8, 4) is 12.3 Å². The van der Waals surface area contributed by atoms with Gasteiger partial charge in [-0.25, -0.2) is 0 Å². The second-order valence-corrected chi connectivity index (χ2v) is 3.36. The Labute approximate surface area is 75.1 Å². The van der Waals surface area contributed by atoms with Crippen LogP contribution in [0.4, 0.5) is 0 Å². The number of hydrogen-bond donors (Lipinski definition) is 2. The van der Waals surface area contributed by atoms with Crippen LogP contribution in [0.1, 0.15) is 19.3 Å². The SMILES string of the molecule is C#CCNCCNCCC1CC1. The molecule has 0 saturated heterocycles. The first-order valence-corrected chi connectivity index (χ1v) is 4.78. The molecule has 0 heterocycles. The summed E-state index contributed by atoms with van der Waals surface area (Å²) in [5.74, 6) is 3.59. The average Bonchev–Trinajstić information content (AvgIpc) is 2.87. The first-order chi connectivity index (χ1) is 5.93. The topological polar surface area (TPSA) is 24.1 Å². The van der Waals surface area contributed by atoms with E-state index in [4.69, 9.17) is 6.42 Å². The average molecular weight is 166 g/mol. The van der Waals surface area contributed by atoms with E-state index in [9.17, 15) is 0 Å². The van der Waals surface area contributed by atoms with Crippen LogP contribution in [0.15, 0.2) is 0 Å². The monoisotopic (exact) mass is 166 g/mol. The lowest BCUT2D eigenvalue weighted by atomic mass is 10.3. The summed E-state index contributed by atoms with van der Waals surface area (Å²) in [5.41, 5.74) is 0. The van der Waals surface area contributed by atoms with E-state index in [-0.39, 0.29) is 0 Å². The third-order valence-electron chi connectivity index (χ3n) is 2.13. The number of rotatable bonds is 7. The first-order valence-electron chi connectivity index (χ1n) is 4.78. The minimum Gasteiger partial charge on any atom is -0.315 e. The summed E-state index contributed by atoms with van der Waals surface area (Å²) in [5, 5.41) is 6.52. The van der Waals surface area contributed by atoms with E-state index < -0.39 is 0 Å². The highest BCUT2D eigenvalue weighted by atomic mass is 14.9. The summed E-state index contributed by atoms with van der Waals surface area (Å²) in [6.45, 7) is 3.87. The molecule has 0 spiro atoms. The molecule has 0 bridgehead atoms. The van der Waals surface area contributed by atoms with Gasteiger partial charge in [-0.3, -0.25) is 0 Å². The third kappa shape index (κ3) is 5.17. The minimum absolute atomic E-state index is 0.685. The Kier molecular flexibility index (Phi) is 4.82. The fourth-order valence-corrected chi connectivity index (χ4v) is 1.18. The summed E-state index contributed by atoms with van der Waals surface area (Å²) in [7, 11) is 0. The number of nitrogens with one attached hydrogen (secondary N) is 2. The smallest absolute Gasteiger partial charge is 0.0574 e. The minimum atomic E-state index is 0.685. The van der Waals surface area contributed by atoms with E-state index in [1.54, 1.807) is 0 Å². The van der Waals surface area contributed by atoms with Crippen molar-refractivity contribution in [2.75, 3.05) is 26.2 Å². The fraction of sp³-hybridized carbons (Fsp3) is 0.800. The highest BCUT2D eigenvalue weighted by Crippen LogP contribution is 2.31. The zero-order chi connectivity index (χ0) is 8.65. The lowest BCUT2D eigenvalue weighted by Crippen LogP contribution is -2.28. The Hall–Kier alpha value is -0.520. The molecule has 12 heavy (non-hydrogen) atoms. The molecule has 0 unspecified atom stereocenters.